The molecule has 96 valence electrons. The fraction of sp³-hybridized carbons (Fsp3) is 0.357. The Labute approximate surface area is 108 Å². The monoisotopic (exact) mass is 246 g/mol. The molecule has 0 aromatic heterocycles. The number of nitrogens with one attached hydrogen (secondary N) is 2. The van der Waals surface area contributed by atoms with Crippen molar-refractivity contribution in [3.63, 3.8) is 0 Å². The van der Waals surface area contributed by atoms with Crippen molar-refractivity contribution >= 4 is 11.6 Å². The van der Waals surface area contributed by atoms with Crippen LogP contribution in [0.1, 0.15) is 5.56 Å². The standard InChI is InChI=1S/C14H18N2O2/c1-3-9-15-11-14(17)16-13-7-5-4-6-12(13)8-10-18-2/h1,4-7,15H,8-11H2,2H3,(H,16,17). The van der Waals surface area contributed by atoms with Gasteiger partial charge >= 0.3 is 0 Å². The van der Waals surface area contributed by atoms with Crippen molar-refractivity contribution in [3.05, 3.63) is 29.8 Å². The molecular weight excluding hydrogens is 228 g/mol. The maximum atomic E-state index is 11.6. The van der Waals surface area contributed by atoms with Gasteiger partial charge in [0.05, 0.1) is 19.7 Å². The van der Waals surface area contributed by atoms with Gasteiger partial charge in [-0.2, -0.15) is 0 Å². The third-order valence-corrected chi connectivity index (χ3v) is 2.38. The third-order valence-electron chi connectivity index (χ3n) is 2.38. The number of carbonyl (C=O) groups is 1. The first kappa shape index (κ1) is 14.2. The molecule has 0 bridgehead atoms. The fourth-order valence-corrected chi connectivity index (χ4v) is 1.51. The molecule has 0 radical (unpaired) electrons. The number of methoxy groups -OCH3 is 1. The van der Waals surface area contributed by atoms with E-state index in [4.69, 9.17) is 11.2 Å². The average Bonchev–Trinajstić information content (AvgIpc) is 2.38. The molecule has 1 aromatic carbocycles. The van der Waals surface area contributed by atoms with Crippen molar-refractivity contribution in [2.45, 2.75) is 6.42 Å². The summed E-state index contributed by atoms with van der Waals surface area (Å²) >= 11 is 0. The predicted octanol–water partition coefficient (Wildman–Crippen LogP) is 1.04. The Kier molecular flexibility index (Phi) is 6.55. The van der Waals surface area contributed by atoms with Crippen LogP contribution < -0.4 is 10.6 Å². The zero-order chi connectivity index (χ0) is 13.2. The van der Waals surface area contributed by atoms with Gasteiger partial charge in [0.1, 0.15) is 0 Å². The molecule has 4 nitrogen and oxygen atoms in total. The maximum absolute atomic E-state index is 11.6. The van der Waals surface area contributed by atoms with Crippen LogP contribution in [-0.4, -0.2) is 32.7 Å². The van der Waals surface area contributed by atoms with Crippen LogP contribution in [0.3, 0.4) is 0 Å². The zero-order valence-corrected chi connectivity index (χ0v) is 10.5. The third kappa shape index (κ3) is 5.00. The number of ether oxygens (including phenoxy) is 1. The summed E-state index contributed by atoms with van der Waals surface area (Å²) in [4.78, 5) is 11.6. The molecule has 1 rings (SSSR count). The molecule has 2 N–H and O–H groups in total. The van der Waals surface area contributed by atoms with Crippen molar-refractivity contribution < 1.29 is 9.53 Å². The van der Waals surface area contributed by atoms with Gasteiger partial charge in [-0.1, -0.05) is 24.1 Å². The van der Waals surface area contributed by atoms with E-state index >= 15 is 0 Å². The largest absolute Gasteiger partial charge is 0.384 e. The van der Waals surface area contributed by atoms with Crippen LogP contribution in [0.25, 0.3) is 0 Å². The molecule has 0 aliphatic rings. The number of anilines is 1. The lowest BCUT2D eigenvalue weighted by atomic mass is 10.1. The van der Waals surface area contributed by atoms with E-state index in [2.05, 4.69) is 16.6 Å². The number of rotatable bonds is 7. The first-order valence-electron chi connectivity index (χ1n) is 5.78. The van der Waals surface area contributed by atoms with E-state index in [-0.39, 0.29) is 12.5 Å². The molecule has 0 atom stereocenters. The quantitative estimate of drug-likeness (QED) is 0.558. The van der Waals surface area contributed by atoms with Gasteiger partial charge in [0, 0.05) is 12.8 Å². The molecule has 0 unspecified atom stereocenters. The van der Waals surface area contributed by atoms with Crippen molar-refractivity contribution in [2.24, 2.45) is 0 Å². The number of hydrogen-bond donors (Lipinski definition) is 2. The molecule has 1 aromatic rings. The van der Waals surface area contributed by atoms with Crippen LogP contribution in [0.15, 0.2) is 24.3 Å². The highest BCUT2D eigenvalue weighted by atomic mass is 16.5. The Hall–Kier alpha value is -1.83. The summed E-state index contributed by atoms with van der Waals surface area (Å²) in [5.41, 5.74) is 1.88. The molecule has 0 heterocycles. The summed E-state index contributed by atoms with van der Waals surface area (Å²) in [6, 6.07) is 7.69. The van der Waals surface area contributed by atoms with Gasteiger partial charge < -0.3 is 10.1 Å². The highest BCUT2D eigenvalue weighted by Gasteiger charge is 2.05. The first-order chi connectivity index (χ1) is 8.77. The van der Waals surface area contributed by atoms with Crippen molar-refractivity contribution in [1.82, 2.24) is 5.32 Å². The second-order valence-corrected chi connectivity index (χ2v) is 3.76. The molecular formula is C14H18N2O2. The van der Waals surface area contributed by atoms with Crippen LogP contribution in [-0.2, 0) is 16.0 Å². The second kappa shape index (κ2) is 8.29. The number of hydrogen-bond acceptors (Lipinski definition) is 3. The number of amides is 1. The van der Waals surface area contributed by atoms with Crippen molar-refractivity contribution in [3.8, 4) is 12.3 Å². The van der Waals surface area contributed by atoms with Crippen LogP contribution >= 0.6 is 0 Å². The van der Waals surface area contributed by atoms with Crippen LogP contribution in [0, 0.1) is 12.3 Å². The highest BCUT2D eigenvalue weighted by Crippen LogP contribution is 2.15. The summed E-state index contributed by atoms with van der Waals surface area (Å²) in [5, 5.41) is 5.70. The molecule has 0 aliphatic carbocycles. The van der Waals surface area contributed by atoms with Gasteiger partial charge in [-0.05, 0) is 18.1 Å². The van der Waals surface area contributed by atoms with Crippen molar-refractivity contribution in [1.29, 1.82) is 0 Å². The molecule has 0 saturated heterocycles. The lowest BCUT2D eigenvalue weighted by molar-refractivity contribution is -0.115. The minimum absolute atomic E-state index is 0.102. The number of terminal acetylenes is 1. The van der Waals surface area contributed by atoms with Crippen LogP contribution in [0.2, 0.25) is 0 Å². The summed E-state index contributed by atoms with van der Waals surface area (Å²) in [5.74, 6) is 2.32. The normalized spacial score (nSPS) is 9.78. The van der Waals surface area contributed by atoms with E-state index in [0.29, 0.717) is 13.2 Å². The lowest BCUT2D eigenvalue weighted by Crippen LogP contribution is -2.28. The van der Waals surface area contributed by atoms with Gasteiger partial charge in [0.2, 0.25) is 5.91 Å². The Balaban J connectivity index is 2.55. The van der Waals surface area contributed by atoms with Crippen molar-refractivity contribution in [2.75, 3.05) is 32.1 Å². The molecule has 0 spiro atoms. The van der Waals surface area contributed by atoms with E-state index < -0.39 is 0 Å². The maximum Gasteiger partial charge on any atom is 0.238 e. The lowest BCUT2D eigenvalue weighted by Gasteiger charge is -2.10. The SMILES string of the molecule is C#CCNCC(=O)Nc1ccccc1CCOC. The Bertz CT molecular complexity index is 424. The Morgan fingerprint density at radius 2 is 2.22 bits per heavy atom. The topological polar surface area (TPSA) is 50.4 Å². The summed E-state index contributed by atoms with van der Waals surface area (Å²) in [6.07, 6.45) is 5.86. The van der Waals surface area contributed by atoms with Crippen LogP contribution in [0.5, 0.6) is 0 Å². The number of benzene rings is 1. The van der Waals surface area contributed by atoms with E-state index in [1.54, 1.807) is 7.11 Å². The van der Waals surface area contributed by atoms with E-state index in [0.717, 1.165) is 17.7 Å². The first-order valence-corrected chi connectivity index (χ1v) is 5.78. The minimum Gasteiger partial charge on any atom is -0.384 e. The molecule has 0 saturated carbocycles. The van der Waals surface area contributed by atoms with Gasteiger partial charge in [0.15, 0.2) is 0 Å². The van der Waals surface area contributed by atoms with Gasteiger partial charge in [-0.15, -0.1) is 6.42 Å². The Morgan fingerprint density at radius 1 is 1.44 bits per heavy atom. The highest BCUT2D eigenvalue weighted by molar-refractivity contribution is 5.93. The van der Waals surface area contributed by atoms with Gasteiger partial charge in [-0.3, -0.25) is 10.1 Å². The smallest absolute Gasteiger partial charge is 0.238 e. The van der Waals surface area contributed by atoms with E-state index in [1.807, 2.05) is 24.3 Å². The molecule has 1 amide bonds. The van der Waals surface area contributed by atoms with E-state index in [9.17, 15) is 4.79 Å². The summed E-state index contributed by atoms with van der Waals surface area (Å²) in [7, 11) is 1.66. The number of carbonyl (C=O) groups excluding carboxylic acids is 1. The molecule has 0 aliphatic heterocycles. The van der Waals surface area contributed by atoms with Gasteiger partial charge in [-0.25, -0.2) is 0 Å². The summed E-state index contributed by atoms with van der Waals surface area (Å²) in [6.45, 7) is 1.23. The number of para-hydroxylation sites is 1. The Morgan fingerprint density at radius 3 is 2.94 bits per heavy atom. The van der Waals surface area contributed by atoms with Gasteiger partial charge in [0.25, 0.3) is 0 Å². The summed E-state index contributed by atoms with van der Waals surface area (Å²) < 4.78 is 5.04. The zero-order valence-electron chi connectivity index (χ0n) is 10.5. The second-order valence-electron chi connectivity index (χ2n) is 3.76. The fourth-order valence-electron chi connectivity index (χ4n) is 1.51. The van der Waals surface area contributed by atoms with E-state index in [1.165, 1.54) is 0 Å². The molecule has 0 fully saturated rings. The average molecular weight is 246 g/mol. The minimum atomic E-state index is -0.102. The predicted molar refractivity (Wildman–Crippen MR) is 72.4 cm³/mol. The van der Waals surface area contributed by atoms with Crippen LogP contribution in [0.4, 0.5) is 5.69 Å². The molecule has 4 heteroatoms. The molecule has 18 heavy (non-hydrogen) atoms.